The number of esters is 1. The molecule has 27 heavy (non-hydrogen) atoms. The molecule has 2 aliphatic carbocycles. The lowest BCUT2D eigenvalue weighted by Crippen LogP contribution is -2.50. The maximum Gasteiger partial charge on any atom is 0.309 e. The molecular weight excluding hydrogens is 384 g/mol. The summed E-state index contributed by atoms with van der Waals surface area (Å²) in [6, 6.07) is 0. The summed E-state index contributed by atoms with van der Waals surface area (Å²) in [5, 5.41) is 0.468. The zero-order valence-corrected chi connectivity index (χ0v) is 18.0. The van der Waals surface area contributed by atoms with Crippen molar-refractivity contribution in [3.8, 4) is 0 Å². The predicted octanol–water partition coefficient (Wildman–Crippen LogP) is 3.55. The number of carbonyl (C=O) groups is 1. The van der Waals surface area contributed by atoms with Gasteiger partial charge in [-0.15, -0.1) is 11.3 Å². The third-order valence-electron chi connectivity index (χ3n) is 6.87. The van der Waals surface area contributed by atoms with Crippen molar-refractivity contribution in [2.75, 3.05) is 10.5 Å². The molecule has 1 saturated heterocycles. The Hall–Kier alpha value is -1.15. The second-order valence-corrected chi connectivity index (χ2v) is 11.7. The van der Waals surface area contributed by atoms with Crippen molar-refractivity contribution >= 4 is 32.5 Å². The van der Waals surface area contributed by atoms with E-state index in [9.17, 15) is 13.2 Å². The third-order valence-corrected chi connectivity index (χ3v) is 9.44. The second-order valence-electron chi connectivity index (χ2n) is 8.79. The zero-order valence-electron chi connectivity index (χ0n) is 16.3. The number of nitrogens with one attached hydrogen (secondary N) is 1. The number of anilines is 1. The number of rotatable bonds is 4. The largest absolute Gasteiger partial charge is 0.461 e. The minimum Gasteiger partial charge on any atom is -0.461 e. The number of ether oxygens (including phenoxy) is 1. The molecule has 6 nitrogen and oxygen atoms in total. The van der Waals surface area contributed by atoms with E-state index in [2.05, 4.69) is 23.6 Å². The van der Waals surface area contributed by atoms with Gasteiger partial charge in [-0.05, 0) is 31.1 Å². The van der Waals surface area contributed by atoms with Gasteiger partial charge in [0.15, 0.2) is 5.13 Å². The fraction of sp³-hybridized carbons (Fsp3) is 0.789. The smallest absolute Gasteiger partial charge is 0.309 e. The van der Waals surface area contributed by atoms with Gasteiger partial charge in [0.25, 0.3) is 0 Å². The first-order valence-corrected chi connectivity index (χ1v) is 12.3. The molecule has 1 N–H and O–H groups in total. The fourth-order valence-electron chi connectivity index (χ4n) is 5.58. The maximum absolute atomic E-state index is 12.2. The van der Waals surface area contributed by atoms with Crippen LogP contribution < -0.4 is 4.72 Å². The quantitative estimate of drug-likeness (QED) is 0.765. The Kier molecular flexibility index (Phi) is 4.57. The Balaban J connectivity index is 1.66. The first-order valence-electron chi connectivity index (χ1n) is 9.86. The summed E-state index contributed by atoms with van der Waals surface area (Å²) in [5.41, 5.74) is 1.04. The highest BCUT2D eigenvalue weighted by Gasteiger charge is 2.58. The predicted molar refractivity (Wildman–Crippen MR) is 105 cm³/mol. The molecule has 1 aliphatic heterocycles. The molecule has 6 atom stereocenters. The molecular formula is C19H28N2O4S2. The lowest BCUT2D eigenvalue weighted by atomic mass is 9.54. The van der Waals surface area contributed by atoms with Crippen molar-refractivity contribution in [3.05, 3.63) is 10.6 Å². The molecule has 0 bridgehead atoms. The van der Waals surface area contributed by atoms with Crippen molar-refractivity contribution in [2.24, 2.45) is 23.2 Å². The lowest BCUT2D eigenvalue weighted by molar-refractivity contribution is -0.149. The number of thiazole rings is 1. The molecule has 8 heteroatoms. The Morgan fingerprint density at radius 1 is 1.33 bits per heavy atom. The van der Waals surface area contributed by atoms with E-state index in [1.807, 2.05) is 13.8 Å². The molecule has 2 fully saturated rings. The number of sulfonamides is 1. The Labute approximate surface area is 165 Å². The molecule has 1 aromatic heterocycles. The highest BCUT2D eigenvalue weighted by molar-refractivity contribution is 7.92. The van der Waals surface area contributed by atoms with Crippen LogP contribution in [-0.4, -0.2) is 31.2 Å². The van der Waals surface area contributed by atoms with Crippen LogP contribution in [0, 0.1) is 23.2 Å². The molecule has 2 heterocycles. The van der Waals surface area contributed by atoms with Gasteiger partial charge in [-0.25, -0.2) is 13.4 Å². The average molecular weight is 413 g/mol. The van der Waals surface area contributed by atoms with E-state index in [4.69, 9.17) is 4.74 Å². The van der Waals surface area contributed by atoms with Crippen LogP contribution in [0.3, 0.4) is 0 Å². The van der Waals surface area contributed by atoms with E-state index in [1.165, 1.54) is 16.2 Å². The van der Waals surface area contributed by atoms with Gasteiger partial charge < -0.3 is 4.74 Å². The molecule has 0 amide bonds. The first-order chi connectivity index (χ1) is 12.6. The number of nitrogens with zero attached hydrogens (tertiary/aromatic N) is 1. The molecule has 150 valence electrons. The van der Waals surface area contributed by atoms with Crippen LogP contribution in [0.2, 0.25) is 0 Å². The average Bonchev–Trinajstić information content (AvgIpc) is 3.07. The highest BCUT2D eigenvalue weighted by Crippen LogP contribution is 2.59. The van der Waals surface area contributed by atoms with E-state index in [1.54, 1.807) is 0 Å². The molecule has 1 saturated carbocycles. The minimum absolute atomic E-state index is 0.0278. The Morgan fingerprint density at radius 3 is 2.78 bits per heavy atom. The summed E-state index contributed by atoms with van der Waals surface area (Å²) in [6.07, 6.45) is 3.49. The Morgan fingerprint density at radius 2 is 2.07 bits per heavy atom. The summed E-state index contributed by atoms with van der Waals surface area (Å²) in [4.78, 5) is 18.0. The van der Waals surface area contributed by atoms with Gasteiger partial charge in [0.05, 0.1) is 17.4 Å². The molecule has 0 unspecified atom stereocenters. The normalized spacial score (nSPS) is 37.9. The summed E-state index contributed by atoms with van der Waals surface area (Å²) in [6.45, 7) is 8.28. The monoisotopic (exact) mass is 412 g/mol. The number of fused-ring (bicyclic) bond motifs is 4. The van der Waals surface area contributed by atoms with Crippen molar-refractivity contribution in [1.82, 2.24) is 4.98 Å². The van der Waals surface area contributed by atoms with Crippen LogP contribution in [0.4, 0.5) is 5.13 Å². The second kappa shape index (κ2) is 6.44. The van der Waals surface area contributed by atoms with Crippen LogP contribution >= 0.6 is 11.3 Å². The van der Waals surface area contributed by atoms with Crippen molar-refractivity contribution < 1.29 is 17.9 Å². The molecule has 4 rings (SSSR count). The third kappa shape index (κ3) is 3.09. The highest BCUT2D eigenvalue weighted by atomic mass is 32.2. The molecule has 0 radical (unpaired) electrons. The summed E-state index contributed by atoms with van der Waals surface area (Å²) >= 11 is 1.46. The molecule has 3 aliphatic rings. The standard InChI is InChI=1S/C19H28N2O4S2/c1-5-8-27(23,24)21-18-20-15-11(3)14-16-12(10(2)17(22)25-16)6-7-19(14,4)9-13(15)26-18/h10-12,14,16H,5-9H2,1-4H3,(H,20,21)/t10-,11-,12-,14+,16-,19+/m0/s1. The van der Waals surface area contributed by atoms with E-state index >= 15 is 0 Å². The van der Waals surface area contributed by atoms with Gasteiger partial charge in [0, 0.05) is 22.6 Å². The first kappa shape index (κ1) is 19.2. The summed E-state index contributed by atoms with van der Waals surface area (Å²) in [5.74, 6) is 0.675. The summed E-state index contributed by atoms with van der Waals surface area (Å²) in [7, 11) is -3.34. The van der Waals surface area contributed by atoms with Gasteiger partial charge in [0.2, 0.25) is 10.0 Å². The van der Waals surface area contributed by atoms with Crippen LogP contribution in [0.25, 0.3) is 0 Å². The SMILES string of the molecule is CCCS(=O)(=O)Nc1nc2c(s1)C[C@@]1(C)CC[C@@H]3[C@H](OC(=O)[C@H]3C)[C@H]1[C@@H]2C. The van der Waals surface area contributed by atoms with Crippen molar-refractivity contribution in [2.45, 2.75) is 65.4 Å². The molecule has 1 aromatic rings. The fourth-order valence-corrected chi connectivity index (χ4v) is 8.19. The van der Waals surface area contributed by atoms with Crippen LogP contribution in [-0.2, 0) is 26.0 Å². The van der Waals surface area contributed by atoms with E-state index in [0.717, 1.165) is 25.0 Å². The van der Waals surface area contributed by atoms with Gasteiger partial charge in [0.1, 0.15) is 6.10 Å². The van der Waals surface area contributed by atoms with Crippen LogP contribution in [0.15, 0.2) is 0 Å². The summed E-state index contributed by atoms with van der Waals surface area (Å²) < 4.78 is 32.7. The van der Waals surface area contributed by atoms with Crippen molar-refractivity contribution in [1.29, 1.82) is 0 Å². The maximum atomic E-state index is 12.2. The van der Waals surface area contributed by atoms with Crippen LogP contribution in [0.1, 0.15) is 63.4 Å². The number of hydrogen-bond donors (Lipinski definition) is 1. The number of aromatic nitrogens is 1. The zero-order chi connectivity index (χ0) is 19.6. The van der Waals surface area contributed by atoms with E-state index in [-0.39, 0.29) is 41.0 Å². The molecule has 0 aromatic carbocycles. The number of carbonyl (C=O) groups excluding carboxylic acids is 1. The van der Waals surface area contributed by atoms with E-state index in [0.29, 0.717) is 17.5 Å². The minimum atomic E-state index is -3.34. The van der Waals surface area contributed by atoms with Gasteiger partial charge in [-0.1, -0.05) is 27.7 Å². The molecule has 0 spiro atoms. The lowest BCUT2D eigenvalue weighted by Gasteiger charge is -2.51. The van der Waals surface area contributed by atoms with Crippen LogP contribution in [0.5, 0.6) is 0 Å². The topological polar surface area (TPSA) is 85.4 Å². The Bertz CT molecular complexity index is 865. The number of hydrogen-bond acceptors (Lipinski definition) is 6. The van der Waals surface area contributed by atoms with Gasteiger partial charge in [-0.3, -0.25) is 9.52 Å². The van der Waals surface area contributed by atoms with Gasteiger partial charge >= 0.3 is 5.97 Å². The van der Waals surface area contributed by atoms with Gasteiger partial charge in [-0.2, -0.15) is 0 Å². The van der Waals surface area contributed by atoms with Crippen molar-refractivity contribution in [3.63, 3.8) is 0 Å². The van der Waals surface area contributed by atoms with E-state index < -0.39 is 10.0 Å².